The molecular weight excluding hydrogens is 747 g/mol. The zero-order valence-electron chi connectivity index (χ0n) is 31.9. The second-order valence-electron chi connectivity index (χ2n) is 14.2. The van der Waals surface area contributed by atoms with Crippen molar-refractivity contribution in [2.75, 3.05) is 18.5 Å². The second kappa shape index (κ2) is 18.1. The minimum Gasteiger partial charge on any atom is -0.487 e. The van der Waals surface area contributed by atoms with E-state index in [2.05, 4.69) is 25.9 Å². The summed E-state index contributed by atoms with van der Waals surface area (Å²) in [5.41, 5.74) is 1.87. The highest BCUT2D eigenvalue weighted by Crippen LogP contribution is 2.35. The summed E-state index contributed by atoms with van der Waals surface area (Å²) in [5, 5.41) is 8.95. The molecule has 0 saturated carbocycles. The van der Waals surface area contributed by atoms with Crippen LogP contribution in [0.25, 0.3) is 17.0 Å². The molecule has 0 aliphatic heterocycles. The normalized spacial score (nSPS) is 11.5. The van der Waals surface area contributed by atoms with Crippen molar-refractivity contribution in [1.82, 2.24) is 20.9 Å². The van der Waals surface area contributed by atoms with Crippen molar-refractivity contribution in [3.8, 4) is 5.75 Å². The Balaban J connectivity index is 1.36. The molecule has 0 unspecified atom stereocenters. The molecule has 4 amide bonds. The number of anilines is 1. The van der Waals surface area contributed by atoms with E-state index in [1.54, 1.807) is 91.1 Å². The van der Waals surface area contributed by atoms with E-state index in [4.69, 9.17) is 37.4 Å². The molecule has 0 spiro atoms. The van der Waals surface area contributed by atoms with Gasteiger partial charge < -0.3 is 24.4 Å². The molecule has 0 bridgehead atoms. The summed E-state index contributed by atoms with van der Waals surface area (Å²) in [4.78, 5) is 60.7. The third-order valence-electron chi connectivity index (χ3n) is 7.31. The number of aliphatic imine (C=N–C) groups is 1. The van der Waals surface area contributed by atoms with Crippen LogP contribution in [0, 0.1) is 6.92 Å². The fourth-order valence-corrected chi connectivity index (χ4v) is 5.39. The van der Waals surface area contributed by atoms with Gasteiger partial charge in [-0.25, -0.2) is 19.6 Å². The molecule has 15 heteroatoms. The second-order valence-corrected chi connectivity index (χ2v) is 15.0. The summed E-state index contributed by atoms with van der Waals surface area (Å²) in [7, 11) is 1.54. The molecule has 0 atom stereocenters. The van der Waals surface area contributed by atoms with Gasteiger partial charge in [-0.15, -0.1) is 0 Å². The van der Waals surface area contributed by atoms with Crippen molar-refractivity contribution in [3.63, 3.8) is 0 Å². The molecule has 290 valence electrons. The van der Waals surface area contributed by atoms with Crippen molar-refractivity contribution in [2.24, 2.45) is 4.99 Å². The third-order valence-corrected chi connectivity index (χ3v) is 8.09. The van der Waals surface area contributed by atoms with Crippen molar-refractivity contribution >= 4 is 81.5 Å². The van der Waals surface area contributed by atoms with E-state index in [9.17, 15) is 19.2 Å². The number of guanidine groups is 1. The molecular formula is C40H44Cl2N6O7. The topological polar surface area (TPSA) is 161 Å². The van der Waals surface area contributed by atoms with Gasteiger partial charge in [0, 0.05) is 34.8 Å². The monoisotopic (exact) mass is 790 g/mol. The molecule has 1 heterocycles. The largest absolute Gasteiger partial charge is 0.487 e. The van der Waals surface area contributed by atoms with Crippen LogP contribution < -0.4 is 25.6 Å². The first-order valence-electron chi connectivity index (χ1n) is 17.2. The van der Waals surface area contributed by atoms with Gasteiger partial charge >= 0.3 is 12.2 Å². The lowest BCUT2D eigenvalue weighted by molar-refractivity contribution is -0.122. The van der Waals surface area contributed by atoms with Gasteiger partial charge in [-0.1, -0.05) is 53.5 Å². The average molecular weight is 792 g/mol. The molecule has 3 N–H and O–H groups in total. The maximum Gasteiger partial charge on any atom is 0.414 e. The molecule has 4 rings (SSSR count). The maximum atomic E-state index is 13.1. The highest BCUT2D eigenvalue weighted by Gasteiger charge is 2.22. The van der Waals surface area contributed by atoms with Crippen molar-refractivity contribution in [3.05, 3.63) is 99.7 Å². The van der Waals surface area contributed by atoms with Crippen molar-refractivity contribution in [1.29, 1.82) is 0 Å². The van der Waals surface area contributed by atoms with Crippen LogP contribution in [-0.4, -0.2) is 59.7 Å². The number of aryl methyl sites for hydroxylation is 1. The van der Waals surface area contributed by atoms with E-state index in [1.807, 2.05) is 37.3 Å². The Morgan fingerprint density at radius 3 is 2.11 bits per heavy atom. The van der Waals surface area contributed by atoms with Crippen LogP contribution in [0.1, 0.15) is 58.4 Å². The highest BCUT2D eigenvalue weighted by molar-refractivity contribution is 6.38. The molecule has 4 aromatic rings. The molecule has 0 radical (unpaired) electrons. The molecule has 55 heavy (non-hydrogen) atoms. The number of carbonyl (C=O) groups is 4. The first kappa shape index (κ1) is 42.1. The highest BCUT2D eigenvalue weighted by atomic mass is 35.5. The van der Waals surface area contributed by atoms with E-state index in [0.29, 0.717) is 38.8 Å². The number of hydrogen-bond acceptors (Lipinski definition) is 9. The summed E-state index contributed by atoms with van der Waals surface area (Å²) in [6.07, 6.45) is 1.17. The molecule has 0 saturated heterocycles. The zero-order valence-corrected chi connectivity index (χ0v) is 33.4. The predicted molar refractivity (Wildman–Crippen MR) is 215 cm³/mol. The van der Waals surface area contributed by atoms with E-state index in [-0.39, 0.29) is 24.1 Å². The van der Waals surface area contributed by atoms with Crippen LogP contribution in [0.15, 0.2) is 77.8 Å². The number of pyridine rings is 1. The molecule has 1 aromatic heterocycles. The summed E-state index contributed by atoms with van der Waals surface area (Å²) in [6.45, 7) is 11.8. The van der Waals surface area contributed by atoms with Crippen LogP contribution in [0.4, 0.5) is 21.0 Å². The van der Waals surface area contributed by atoms with Gasteiger partial charge in [0.05, 0.1) is 22.9 Å². The number of benzene rings is 3. The lowest BCUT2D eigenvalue weighted by Crippen LogP contribution is -2.47. The smallest absolute Gasteiger partial charge is 0.414 e. The Morgan fingerprint density at radius 2 is 1.49 bits per heavy atom. The third kappa shape index (κ3) is 13.0. The number of hydrogen-bond donors (Lipinski definition) is 3. The van der Waals surface area contributed by atoms with Gasteiger partial charge in [-0.05, 0) is 96.5 Å². The summed E-state index contributed by atoms with van der Waals surface area (Å²) >= 11 is 13.2. The first-order valence-corrected chi connectivity index (χ1v) is 17.9. The number of fused-ring (bicyclic) bond motifs is 1. The van der Waals surface area contributed by atoms with Crippen LogP contribution in [-0.2, 0) is 25.7 Å². The molecule has 0 fully saturated rings. The molecule has 13 nitrogen and oxygen atoms in total. The van der Waals surface area contributed by atoms with Crippen LogP contribution in [0.2, 0.25) is 10.0 Å². The van der Waals surface area contributed by atoms with Crippen LogP contribution in [0.3, 0.4) is 0 Å². The van der Waals surface area contributed by atoms with E-state index in [0.717, 1.165) is 11.1 Å². The quantitative estimate of drug-likeness (QED) is 0.0868. The number of likely N-dealkylation sites (N-methyl/N-ethyl adjacent to an activating group) is 1. The van der Waals surface area contributed by atoms with Gasteiger partial charge in [-0.2, -0.15) is 0 Å². The van der Waals surface area contributed by atoms with Crippen LogP contribution in [0.5, 0.6) is 5.75 Å². The zero-order chi connectivity index (χ0) is 40.5. The van der Waals surface area contributed by atoms with Gasteiger partial charge in [0.15, 0.2) is 0 Å². The average Bonchev–Trinajstić information content (AvgIpc) is 3.08. The lowest BCUT2D eigenvalue weighted by atomic mass is 10.1. The number of alkyl carbamates (subject to hydrolysis) is 2. The Hall–Kier alpha value is -5.66. The Labute approximate surface area is 330 Å². The number of aromatic nitrogens is 1. The Morgan fingerprint density at radius 1 is 0.855 bits per heavy atom. The van der Waals surface area contributed by atoms with Gasteiger partial charge in [0.25, 0.3) is 0 Å². The standard InChI is InChI=1S/C40H44Cl2N6O7/c1-24-12-16-26-10-9-11-31(35(26)44-24)53-23-28-29(41)19-20-30(34(28)42)48(8)33(50)22-43-32(49)21-15-25-13-17-27(18-14-25)45-36(46-37(51)54-39(2,3)4)47-38(52)55-40(5,6)7/h9-21H,22-23H2,1-8H3,(H,43,49)(H2,45,46,47,51,52)/b21-15+. The fraction of sp³-hybridized carbons (Fsp3) is 0.300. The number of nitrogens with one attached hydrogen (secondary N) is 3. The number of para-hydroxylation sites is 1. The predicted octanol–water partition coefficient (Wildman–Crippen LogP) is 8.26. The van der Waals surface area contributed by atoms with Crippen LogP contribution >= 0.6 is 23.2 Å². The van der Waals surface area contributed by atoms with E-state index >= 15 is 0 Å². The summed E-state index contributed by atoms with van der Waals surface area (Å²) in [5.74, 6) is -0.578. The summed E-state index contributed by atoms with van der Waals surface area (Å²) in [6, 6.07) is 19.3. The lowest BCUT2D eigenvalue weighted by Gasteiger charge is -2.22. The number of rotatable bonds is 9. The van der Waals surface area contributed by atoms with Crippen molar-refractivity contribution < 1.29 is 33.4 Å². The first-order chi connectivity index (χ1) is 25.8. The van der Waals surface area contributed by atoms with Gasteiger partial charge in [-0.3, -0.25) is 20.2 Å². The number of nitrogens with zero attached hydrogens (tertiary/aromatic N) is 3. The molecule has 0 aliphatic rings. The van der Waals surface area contributed by atoms with E-state index < -0.39 is 35.2 Å². The SMILES string of the molecule is Cc1ccc2cccc(OCc3c(Cl)ccc(N(C)C(=O)CNC(=O)/C=C/c4ccc(N=C(NC(=O)OC(C)(C)C)NC(=O)OC(C)(C)C)cc4)c3Cl)c2n1. The fourth-order valence-electron chi connectivity index (χ4n) is 4.78. The maximum absolute atomic E-state index is 13.1. The minimum atomic E-state index is -0.825. The minimum absolute atomic E-state index is 0.0320. The Bertz CT molecular complexity index is 2090. The van der Waals surface area contributed by atoms with Gasteiger partial charge in [0.1, 0.15) is 29.1 Å². The number of halogens is 2. The number of ether oxygens (including phenoxy) is 3. The van der Waals surface area contributed by atoms with Crippen molar-refractivity contribution in [2.45, 2.75) is 66.3 Å². The molecule has 0 aliphatic carbocycles. The summed E-state index contributed by atoms with van der Waals surface area (Å²) < 4.78 is 16.6. The van der Waals surface area contributed by atoms with E-state index in [1.165, 1.54) is 11.0 Å². The Kier molecular flexibility index (Phi) is 13.9. The van der Waals surface area contributed by atoms with Gasteiger partial charge in [0.2, 0.25) is 17.8 Å². The number of amides is 4. The molecule has 3 aromatic carbocycles. The number of carbonyl (C=O) groups excluding carboxylic acids is 4.